The number of hydrogen-bond acceptors (Lipinski definition) is 5. The van der Waals surface area contributed by atoms with Crippen molar-refractivity contribution in [1.82, 2.24) is 19.5 Å². The zero-order valence-corrected chi connectivity index (χ0v) is 12.9. The number of rotatable bonds is 6. The summed E-state index contributed by atoms with van der Waals surface area (Å²) in [4.78, 5) is 4.11. The Morgan fingerprint density at radius 2 is 2.29 bits per heavy atom. The summed E-state index contributed by atoms with van der Waals surface area (Å²) < 4.78 is 28.6. The van der Waals surface area contributed by atoms with E-state index in [0.29, 0.717) is 12.2 Å². The molecule has 2 aromatic heterocycles. The quantitative estimate of drug-likeness (QED) is 0.740. The first kappa shape index (κ1) is 15.5. The first-order chi connectivity index (χ1) is 9.88. The molecule has 0 aromatic carbocycles. The number of nitrogens with zero attached hydrogens (tertiary/aromatic N) is 3. The van der Waals surface area contributed by atoms with Crippen molar-refractivity contribution < 1.29 is 8.42 Å². The second-order valence-corrected chi connectivity index (χ2v) is 6.65. The molecule has 112 valence electrons. The Kier molecular flexibility index (Phi) is 4.66. The van der Waals surface area contributed by atoms with Crippen LogP contribution in [0.3, 0.4) is 0 Å². The second-order valence-electron chi connectivity index (χ2n) is 4.49. The van der Waals surface area contributed by atoms with Crippen LogP contribution in [0.2, 0.25) is 0 Å². The van der Waals surface area contributed by atoms with Crippen LogP contribution < -0.4 is 10.5 Å². The SMILES string of the molecule is CC(Cn1cccn1)NS(=O)(=O)c1ccc(C(N)=S)nc1. The molecule has 9 heteroatoms. The van der Waals surface area contributed by atoms with Gasteiger partial charge in [-0.3, -0.25) is 9.67 Å². The molecule has 0 aliphatic heterocycles. The highest BCUT2D eigenvalue weighted by atomic mass is 32.2. The van der Waals surface area contributed by atoms with Gasteiger partial charge in [-0.15, -0.1) is 0 Å². The minimum absolute atomic E-state index is 0.0646. The Balaban J connectivity index is 2.08. The molecule has 0 bridgehead atoms. The Hall–Kier alpha value is -1.84. The van der Waals surface area contributed by atoms with Gasteiger partial charge in [0.2, 0.25) is 10.0 Å². The van der Waals surface area contributed by atoms with Crippen molar-refractivity contribution in [2.24, 2.45) is 5.73 Å². The fraction of sp³-hybridized carbons (Fsp3) is 0.250. The van der Waals surface area contributed by atoms with E-state index in [0.717, 1.165) is 0 Å². The Labute approximate surface area is 128 Å². The van der Waals surface area contributed by atoms with Crippen LogP contribution >= 0.6 is 12.2 Å². The lowest BCUT2D eigenvalue weighted by molar-refractivity contribution is 0.494. The van der Waals surface area contributed by atoms with Crippen molar-refractivity contribution in [2.75, 3.05) is 0 Å². The van der Waals surface area contributed by atoms with Crippen molar-refractivity contribution in [2.45, 2.75) is 24.4 Å². The number of aromatic nitrogens is 3. The van der Waals surface area contributed by atoms with Crippen LogP contribution in [-0.4, -0.2) is 34.2 Å². The fourth-order valence-electron chi connectivity index (χ4n) is 1.74. The van der Waals surface area contributed by atoms with Crippen LogP contribution in [-0.2, 0) is 16.6 Å². The molecule has 21 heavy (non-hydrogen) atoms. The first-order valence-electron chi connectivity index (χ1n) is 6.14. The van der Waals surface area contributed by atoms with Gasteiger partial charge in [0, 0.05) is 24.6 Å². The van der Waals surface area contributed by atoms with Gasteiger partial charge in [0.1, 0.15) is 9.88 Å². The summed E-state index contributed by atoms with van der Waals surface area (Å²) in [7, 11) is -3.64. The highest BCUT2D eigenvalue weighted by Crippen LogP contribution is 2.09. The van der Waals surface area contributed by atoms with Crippen molar-refractivity contribution in [3.63, 3.8) is 0 Å². The zero-order chi connectivity index (χ0) is 15.5. The maximum absolute atomic E-state index is 12.2. The van der Waals surface area contributed by atoms with Crippen molar-refractivity contribution >= 4 is 27.2 Å². The summed E-state index contributed by atoms with van der Waals surface area (Å²) in [5.41, 5.74) is 5.81. The summed E-state index contributed by atoms with van der Waals surface area (Å²) >= 11 is 4.77. The number of pyridine rings is 1. The molecule has 3 N–H and O–H groups in total. The Morgan fingerprint density at radius 1 is 1.52 bits per heavy atom. The van der Waals surface area contributed by atoms with Gasteiger partial charge in [-0.25, -0.2) is 13.1 Å². The molecule has 0 saturated heterocycles. The van der Waals surface area contributed by atoms with E-state index in [9.17, 15) is 8.42 Å². The van der Waals surface area contributed by atoms with Gasteiger partial charge in [0.15, 0.2) is 0 Å². The zero-order valence-electron chi connectivity index (χ0n) is 11.3. The highest BCUT2D eigenvalue weighted by molar-refractivity contribution is 7.89. The third kappa shape index (κ3) is 4.06. The molecule has 2 rings (SSSR count). The molecule has 0 radical (unpaired) electrons. The van der Waals surface area contributed by atoms with Crippen molar-refractivity contribution in [1.29, 1.82) is 0 Å². The molecular weight excluding hydrogens is 310 g/mol. The van der Waals surface area contributed by atoms with Crippen LogP contribution in [0, 0.1) is 0 Å². The number of nitrogens with two attached hydrogens (primary N) is 1. The maximum Gasteiger partial charge on any atom is 0.242 e. The standard InChI is InChI=1S/C12H15N5O2S2/c1-9(8-17-6-2-5-15-17)16-21(18,19)10-3-4-11(12(13)20)14-7-10/h2-7,9,16H,8H2,1H3,(H2,13,20). The van der Waals surface area contributed by atoms with E-state index < -0.39 is 10.0 Å². The van der Waals surface area contributed by atoms with E-state index in [1.54, 1.807) is 30.1 Å². The lowest BCUT2D eigenvalue weighted by Gasteiger charge is -2.14. The van der Waals surface area contributed by atoms with Gasteiger partial charge >= 0.3 is 0 Å². The monoisotopic (exact) mass is 325 g/mol. The van der Waals surface area contributed by atoms with Crippen molar-refractivity contribution in [3.05, 3.63) is 42.5 Å². The molecule has 1 unspecified atom stereocenters. The number of nitrogens with one attached hydrogen (secondary N) is 1. The lowest BCUT2D eigenvalue weighted by atomic mass is 10.3. The van der Waals surface area contributed by atoms with Crippen LogP contribution in [0.1, 0.15) is 12.6 Å². The minimum atomic E-state index is -3.64. The van der Waals surface area contributed by atoms with E-state index in [1.165, 1.54) is 18.3 Å². The fourth-order valence-corrected chi connectivity index (χ4v) is 3.04. The summed E-state index contributed by atoms with van der Waals surface area (Å²) in [6.07, 6.45) is 4.64. The molecule has 2 heterocycles. The van der Waals surface area contributed by atoms with Gasteiger partial charge in [-0.05, 0) is 25.1 Å². The lowest BCUT2D eigenvalue weighted by Crippen LogP contribution is -2.35. The Morgan fingerprint density at radius 3 is 2.81 bits per heavy atom. The maximum atomic E-state index is 12.2. The Bertz CT molecular complexity index is 711. The predicted molar refractivity (Wildman–Crippen MR) is 82.1 cm³/mol. The van der Waals surface area contributed by atoms with Crippen LogP contribution in [0.5, 0.6) is 0 Å². The summed E-state index contributed by atoms with van der Waals surface area (Å²) in [6.45, 7) is 2.20. The molecule has 0 aliphatic carbocycles. The third-order valence-corrected chi connectivity index (χ3v) is 4.46. The summed E-state index contributed by atoms with van der Waals surface area (Å²) in [5.74, 6) is 0. The van der Waals surface area contributed by atoms with Gasteiger partial charge in [0.05, 0.1) is 12.2 Å². The molecule has 7 nitrogen and oxygen atoms in total. The van der Waals surface area contributed by atoms with Gasteiger partial charge in [-0.1, -0.05) is 12.2 Å². The van der Waals surface area contributed by atoms with E-state index in [4.69, 9.17) is 18.0 Å². The van der Waals surface area contributed by atoms with Gasteiger partial charge in [0.25, 0.3) is 0 Å². The van der Waals surface area contributed by atoms with Crippen LogP contribution in [0.25, 0.3) is 0 Å². The molecule has 0 amide bonds. The predicted octanol–water partition coefficient (Wildman–Crippen LogP) is 0.279. The van der Waals surface area contributed by atoms with Gasteiger partial charge < -0.3 is 5.73 Å². The smallest absolute Gasteiger partial charge is 0.242 e. The average molecular weight is 325 g/mol. The van der Waals surface area contributed by atoms with E-state index >= 15 is 0 Å². The highest BCUT2D eigenvalue weighted by Gasteiger charge is 2.18. The number of sulfonamides is 1. The minimum Gasteiger partial charge on any atom is -0.388 e. The summed E-state index contributed by atoms with van der Waals surface area (Å²) in [5, 5.41) is 4.03. The molecular formula is C12H15N5O2S2. The van der Waals surface area contributed by atoms with Gasteiger partial charge in [-0.2, -0.15) is 5.10 Å². The van der Waals surface area contributed by atoms with Crippen LogP contribution in [0.4, 0.5) is 0 Å². The molecule has 0 spiro atoms. The second kappa shape index (κ2) is 6.29. The number of thiocarbonyl (C=S) groups is 1. The third-order valence-electron chi connectivity index (χ3n) is 2.68. The largest absolute Gasteiger partial charge is 0.388 e. The molecule has 0 fully saturated rings. The van der Waals surface area contributed by atoms with Crippen molar-refractivity contribution in [3.8, 4) is 0 Å². The van der Waals surface area contributed by atoms with E-state index in [2.05, 4.69) is 14.8 Å². The molecule has 0 aliphatic rings. The molecule has 0 saturated carbocycles. The molecule has 1 atom stereocenters. The first-order valence-corrected chi connectivity index (χ1v) is 8.03. The topological polar surface area (TPSA) is 103 Å². The normalized spacial score (nSPS) is 13.0. The number of hydrogen-bond donors (Lipinski definition) is 2. The molecule has 2 aromatic rings. The van der Waals surface area contributed by atoms with Crippen LogP contribution in [0.15, 0.2) is 41.7 Å². The van der Waals surface area contributed by atoms with E-state index in [1.807, 2.05) is 0 Å². The van der Waals surface area contributed by atoms with E-state index in [-0.39, 0.29) is 15.9 Å². The summed E-state index contributed by atoms with van der Waals surface area (Å²) in [6, 6.07) is 4.36. The average Bonchev–Trinajstić information content (AvgIpc) is 2.90.